The minimum absolute atomic E-state index is 0.205. The number of hydrogen-bond donors (Lipinski definition) is 0. The molecule has 0 N–H and O–H groups in total. The Balaban J connectivity index is 2.88. The van der Waals surface area contributed by atoms with Gasteiger partial charge in [0.25, 0.3) is 0 Å². The Bertz CT molecular complexity index is 489. The Hall–Kier alpha value is -0.620. The van der Waals surface area contributed by atoms with Crippen molar-refractivity contribution in [3.63, 3.8) is 0 Å². The highest BCUT2D eigenvalue weighted by Crippen LogP contribution is 2.27. The molecule has 0 unspecified atom stereocenters. The van der Waals surface area contributed by atoms with Crippen LogP contribution in [-0.4, -0.2) is 17.1 Å². The second-order valence-corrected chi connectivity index (χ2v) is 4.14. The summed E-state index contributed by atoms with van der Waals surface area (Å²) in [5, 5.41) is 1.11. The van der Waals surface area contributed by atoms with Gasteiger partial charge >= 0.3 is 0 Å². The Labute approximate surface area is 99.6 Å². The van der Waals surface area contributed by atoms with Crippen molar-refractivity contribution < 1.29 is 4.74 Å². The maximum absolute atomic E-state index is 5.75. The number of fused-ring (bicyclic) bond motifs is 1. The fourth-order valence-corrected chi connectivity index (χ4v) is 2.11. The summed E-state index contributed by atoms with van der Waals surface area (Å²) < 4.78 is 6.20. The van der Waals surface area contributed by atoms with Crippen LogP contribution in [0.2, 0.25) is 5.28 Å². The van der Waals surface area contributed by atoms with Crippen molar-refractivity contribution in [2.24, 2.45) is 0 Å². The van der Waals surface area contributed by atoms with Crippen molar-refractivity contribution in [3.8, 4) is 5.88 Å². The van der Waals surface area contributed by atoms with Crippen LogP contribution in [0.25, 0.3) is 10.9 Å². The van der Waals surface area contributed by atoms with Crippen LogP contribution >= 0.6 is 34.2 Å². The molecule has 0 spiro atoms. The molecule has 0 aliphatic rings. The zero-order valence-corrected chi connectivity index (χ0v) is 10.2. The van der Waals surface area contributed by atoms with Gasteiger partial charge in [-0.3, -0.25) is 0 Å². The van der Waals surface area contributed by atoms with Crippen LogP contribution in [0.15, 0.2) is 18.2 Å². The maximum Gasteiger partial charge on any atom is 0.226 e. The molecule has 5 heteroatoms. The summed E-state index contributed by atoms with van der Waals surface area (Å²) in [7, 11) is 1.57. The van der Waals surface area contributed by atoms with E-state index in [4.69, 9.17) is 16.3 Å². The second kappa shape index (κ2) is 3.86. The standard InChI is InChI=1S/C9H6ClIN2O/c1-14-8-7-5(11)3-2-4-6(7)12-9(10)13-8/h2-4H,1H3. The molecule has 1 heterocycles. The third kappa shape index (κ3) is 1.64. The highest BCUT2D eigenvalue weighted by Gasteiger charge is 2.09. The van der Waals surface area contributed by atoms with Gasteiger partial charge in [-0.15, -0.1) is 0 Å². The zero-order valence-electron chi connectivity index (χ0n) is 7.29. The third-order valence-corrected chi connectivity index (χ3v) is 2.87. The van der Waals surface area contributed by atoms with Crippen molar-refractivity contribution in [1.82, 2.24) is 9.97 Å². The first-order valence-electron chi connectivity index (χ1n) is 3.88. The van der Waals surface area contributed by atoms with Gasteiger partial charge in [0, 0.05) is 3.57 Å². The molecule has 1 aromatic heterocycles. The van der Waals surface area contributed by atoms with Crippen molar-refractivity contribution in [2.75, 3.05) is 7.11 Å². The average molecular weight is 321 g/mol. The monoisotopic (exact) mass is 320 g/mol. The molecule has 0 amide bonds. The summed E-state index contributed by atoms with van der Waals surface area (Å²) >= 11 is 7.97. The minimum atomic E-state index is 0.205. The van der Waals surface area contributed by atoms with E-state index in [9.17, 15) is 0 Å². The Kier molecular flexibility index (Phi) is 2.73. The molecule has 0 atom stereocenters. The molecule has 0 bridgehead atoms. The first-order valence-corrected chi connectivity index (χ1v) is 5.34. The molecule has 2 rings (SSSR count). The Morgan fingerprint density at radius 2 is 2.14 bits per heavy atom. The van der Waals surface area contributed by atoms with Crippen LogP contribution in [0.5, 0.6) is 5.88 Å². The van der Waals surface area contributed by atoms with Crippen LogP contribution in [-0.2, 0) is 0 Å². The SMILES string of the molecule is COc1nc(Cl)nc2cccc(I)c12. The summed E-state index contributed by atoms with van der Waals surface area (Å²) in [6, 6.07) is 5.78. The van der Waals surface area contributed by atoms with E-state index in [2.05, 4.69) is 32.6 Å². The lowest BCUT2D eigenvalue weighted by Gasteiger charge is -2.05. The highest BCUT2D eigenvalue weighted by molar-refractivity contribution is 14.1. The summed E-state index contributed by atoms with van der Waals surface area (Å²) in [5.74, 6) is 0.519. The summed E-state index contributed by atoms with van der Waals surface area (Å²) in [6.07, 6.45) is 0. The maximum atomic E-state index is 5.75. The van der Waals surface area contributed by atoms with Gasteiger partial charge in [-0.2, -0.15) is 4.98 Å². The van der Waals surface area contributed by atoms with Crippen LogP contribution < -0.4 is 4.74 Å². The van der Waals surface area contributed by atoms with Crippen LogP contribution in [0, 0.1) is 3.57 Å². The highest BCUT2D eigenvalue weighted by atomic mass is 127. The first kappa shape index (κ1) is 9.92. The third-order valence-electron chi connectivity index (χ3n) is 1.81. The number of nitrogens with zero attached hydrogens (tertiary/aromatic N) is 2. The predicted molar refractivity (Wildman–Crippen MR) is 63.8 cm³/mol. The number of ether oxygens (including phenoxy) is 1. The van der Waals surface area contributed by atoms with Crippen LogP contribution in [0.4, 0.5) is 0 Å². The predicted octanol–water partition coefficient (Wildman–Crippen LogP) is 2.90. The van der Waals surface area contributed by atoms with E-state index >= 15 is 0 Å². The van der Waals surface area contributed by atoms with Gasteiger partial charge in [0.1, 0.15) is 0 Å². The van der Waals surface area contributed by atoms with Crippen molar-refractivity contribution in [3.05, 3.63) is 27.1 Å². The lowest BCUT2D eigenvalue weighted by Crippen LogP contribution is -1.94. The fraction of sp³-hybridized carbons (Fsp3) is 0.111. The van der Waals surface area contributed by atoms with Crippen LogP contribution in [0.3, 0.4) is 0 Å². The Morgan fingerprint density at radius 1 is 1.36 bits per heavy atom. The van der Waals surface area contributed by atoms with Crippen molar-refractivity contribution >= 4 is 45.1 Å². The number of halogens is 2. The molecule has 1 aromatic carbocycles. The largest absolute Gasteiger partial charge is 0.480 e. The average Bonchev–Trinajstić information content (AvgIpc) is 2.16. The fourth-order valence-electron chi connectivity index (χ4n) is 1.23. The molecule has 0 fully saturated rings. The molecule has 2 aromatic rings. The number of aromatic nitrogens is 2. The quantitative estimate of drug-likeness (QED) is 0.598. The minimum Gasteiger partial charge on any atom is -0.480 e. The van der Waals surface area contributed by atoms with Gasteiger partial charge in [-0.1, -0.05) is 6.07 Å². The van der Waals surface area contributed by atoms with Crippen LogP contribution in [0.1, 0.15) is 0 Å². The molecular weight excluding hydrogens is 314 g/mol. The van der Waals surface area contributed by atoms with Gasteiger partial charge in [0.2, 0.25) is 11.2 Å². The van der Waals surface area contributed by atoms with Crippen molar-refractivity contribution in [1.29, 1.82) is 0 Å². The second-order valence-electron chi connectivity index (χ2n) is 2.64. The number of methoxy groups -OCH3 is 1. The van der Waals surface area contributed by atoms with E-state index in [-0.39, 0.29) is 5.28 Å². The molecule has 72 valence electrons. The van der Waals surface area contributed by atoms with E-state index in [0.29, 0.717) is 5.88 Å². The molecule has 0 saturated heterocycles. The summed E-state index contributed by atoms with van der Waals surface area (Å²) in [5.41, 5.74) is 0.800. The summed E-state index contributed by atoms with van der Waals surface area (Å²) in [4.78, 5) is 8.12. The van der Waals surface area contributed by atoms with Gasteiger partial charge < -0.3 is 4.74 Å². The van der Waals surface area contributed by atoms with Gasteiger partial charge in [-0.05, 0) is 46.3 Å². The number of hydrogen-bond acceptors (Lipinski definition) is 3. The molecule has 0 saturated carbocycles. The first-order chi connectivity index (χ1) is 6.72. The van der Waals surface area contributed by atoms with E-state index in [1.807, 2.05) is 18.2 Å². The molecular formula is C9H6ClIN2O. The Morgan fingerprint density at radius 3 is 2.86 bits per heavy atom. The van der Waals surface area contributed by atoms with E-state index in [0.717, 1.165) is 14.5 Å². The van der Waals surface area contributed by atoms with Crippen molar-refractivity contribution in [2.45, 2.75) is 0 Å². The van der Waals surface area contributed by atoms with Gasteiger partial charge in [0.15, 0.2) is 0 Å². The van der Waals surface area contributed by atoms with E-state index in [1.54, 1.807) is 7.11 Å². The molecule has 0 radical (unpaired) electrons. The smallest absolute Gasteiger partial charge is 0.226 e. The van der Waals surface area contributed by atoms with Gasteiger partial charge in [-0.25, -0.2) is 4.98 Å². The number of rotatable bonds is 1. The molecule has 0 aliphatic heterocycles. The molecule has 14 heavy (non-hydrogen) atoms. The molecule has 3 nitrogen and oxygen atoms in total. The van der Waals surface area contributed by atoms with E-state index in [1.165, 1.54) is 0 Å². The summed E-state index contributed by atoms with van der Waals surface area (Å²) in [6.45, 7) is 0. The van der Waals surface area contributed by atoms with Gasteiger partial charge in [0.05, 0.1) is 18.0 Å². The zero-order chi connectivity index (χ0) is 10.1. The molecule has 0 aliphatic carbocycles. The lowest BCUT2D eigenvalue weighted by molar-refractivity contribution is 0.402. The topological polar surface area (TPSA) is 35.0 Å². The number of benzene rings is 1. The van der Waals surface area contributed by atoms with E-state index < -0.39 is 0 Å². The normalized spacial score (nSPS) is 10.5. The lowest BCUT2D eigenvalue weighted by atomic mass is 10.2.